The molecule has 0 rings (SSSR count). The number of quaternary nitrogens is 1. The van der Waals surface area contributed by atoms with Gasteiger partial charge in [0.2, 0.25) is 0 Å². The third-order valence-electron chi connectivity index (χ3n) is 9.00. The van der Waals surface area contributed by atoms with Crippen molar-refractivity contribution in [1.29, 1.82) is 0 Å². The highest BCUT2D eigenvalue weighted by atomic mass is 16.7. The van der Waals surface area contributed by atoms with Crippen LogP contribution in [0, 0.1) is 0 Å². The minimum atomic E-state index is -1.63. The van der Waals surface area contributed by atoms with Gasteiger partial charge in [0, 0.05) is 12.8 Å². The number of esters is 2. The standard InChI is InChI=1S/C47H81NO8/c1-6-8-10-12-14-16-18-20-21-22-23-24-26-27-29-31-33-35-37-44(49)54-41-43(42-55-47(46(51)52)53-40-39-48(3,4)5)56-45(50)38-36-34-32-30-28-25-19-17-15-13-11-9-7-2/h9,11,15-18,21-22,25,28,43,47H,6-8,10,12-14,19-20,23-24,26-27,29-42H2,1-5H3/b11-9-,17-15-,18-16-,22-21-,28-25-. The van der Waals surface area contributed by atoms with Crippen molar-refractivity contribution in [1.82, 2.24) is 0 Å². The van der Waals surface area contributed by atoms with E-state index in [-0.39, 0.29) is 38.6 Å². The Labute approximate surface area is 342 Å². The Hall–Kier alpha value is -3.01. The molecule has 9 nitrogen and oxygen atoms in total. The predicted molar refractivity (Wildman–Crippen MR) is 228 cm³/mol. The zero-order chi connectivity index (χ0) is 41.4. The quantitative estimate of drug-likeness (QED) is 0.0199. The Morgan fingerprint density at radius 3 is 1.54 bits per heavy atom. The molecule has 0 fully saturated rings. The fourth-order valence-electron chi connectivity index (χ4n) is 5.58. The van der Waals surface area contributed by atoms with Gasteiger partial charge in [-0.2, -0.15) is 0 Å². The predicted octanol–water partition coefficient (Wildman–Crippen LogP) is 10.0. The van der Waals surface area contributed by atoms with Gasteiger partial charge in [-0.3, -0.25) is 9.59 Å². The lowest BCUT2D eigenvalue weighted by molar-refractivity contribution is -0.870. The first-order valence-corrected chi connectivity index (χ1v) is 21.9. The summed E-state index contributed by atoms with van der Waals surface area (Å²) < 4.78 is 22.5. The molecular formula is C47H81NO8. The minimum Gasteiger partial charge on any atom is -0.545 e. The molecule has 0 saturated heterocycles. The van der Waals surface area contributed by atoms with Gasteiger partial charge in [0.05, 0.1) is 40.3 Å². The molecule has 0 spiro atoms. The first kappa shape index (κ1) is 53.0. The maximum atomic E-state index is 12.7. The van der Waals surface area contributed by atoms with E-state index in [1.54, 1.807) is 0 Å². The molecule has 0 saturated carbocycles. The number of rotatable bonds is 39. The van der Waals surface area contributed by atoms with Gasteiger partial charge in [0.15, 0.2) is 12.4 Å². The van der Waals surface area contributed by atoms with Crippen molar-refractivity contribution < 1.29 is 42.9 Å². The summed E-state index contributed by atoms with van der Waals surface area (Å²) in [6.07, 6.45) is 42.5. The number of likely N-dealkylation sites (N-methyl/N-ethyl adjacent to an activating group) is 1. The highest BCUT2D eigenvalue weighted by molar-refractivity contribution is 5.70. The number of allylic oxidation sites excluding steroid dienone is 10. The van der Waals surface area contributed by atoms with Crippen molar-refractivity contribution >= 4 is 17.9 Å². The lowest BCUT2D eigenvalue weighted by atomic mass is 10.1. The number of aliphatic carboxylic acids is 1. The van der Waals surface area contributed by atoms with Crippen molar-refractivity contribution in [2.75, 3.05) is 47.5 Å². The number of carbonyl (C=O) groups is 3. The molecule has 0 radical (unpaired) electrons. The van der Waals surface area contributed by atoms with Crippen LogP contribution in [0.3, 0.4) is 0 Å². The van der Waals surface area contributed by atoms with Gasteiger partial charge in [-0.25, -0.2) is 0 Å². The summed E-state index contributed by atoms with van der Waals surface area (Å²) in [5.74, 6) is -2.34. The molecule has 0 aliphatic rings. The van der Waals surface area contributed by atoms with Crippen LogP contribution in [0.25, 0.3) is 0 Å². The highest BCUT2D eigenvalue weighted by Gasteiger charge is 2.21. The summed E-state index contributed by atoms with van der Waals surface area (Å²) in [6.45, 7) is 4.54. The molecule has 2 unspecified atom stereocenters. The summed E-state index contributed by atoms with van der Waals surface area (Å²) in [6, 6.07) is 0. The molecule has 0 aliphatic heterocycles. The van der Waals surface area contributed by atoms with E-state index in [9.17, 15) is 19.5 Å². The second-order valence-electron chi connectivity index (χ2n) is 15.6. The van der Waals surface area contributed by atoms with Crippen LogP contribution in [0.5, 0.6) is 0 Å². The number of hydrogen-bond donors (Lipinski definition) is 0. The number of hydrogen-bond acceptors (Lipinski definition) is 8. The fourth-order valence-corrected chi connectivity index (χ4v) is 5.58. The minimum absolute atomic E-state index is 0.138. The van der Waals surface area contributed by atoms with Gasteiger partial charge in [-0.15, -0.1) is 0 Å². The SMILES string of the molecule is CC/C=C\C/C=C\C/C=C\CCCCCC(=O)OC(COC(=O)CCCCCCCCC/C=C\C/C=C\CCCCCC)COC(OCC[N+](C)(C)C)C(=O)[O-]. The number of nitrogens with zero attached hydrogens (tertiary/aromatic N) is 1. The lowest BCUT2D eigenvalue weighted by Crippen LogP contribution is -2.44. The van der Waals surface area contributed by atoms with Crippen LogP contribution in [0.2, 0.25) is 0 Å². The largest absolute Gasteiger partial charge is 0.545 e. The Balaban J connectivity index is 4.49. The van der Waals surface area contributed by atoms with Crippen molar-refractivity contribution in [3.05, 3.63) is 60.8 Å². The van der Waals surface area contributed by atoms with E-state index >= 15 is 0 Å². The second-order valence-corrected chi connectivity index (χ2v) is 15.6. The van der Waals surface area contributed by atoms with Crippen LogP contribution >= 0.6 is 0 Å². The van der Waals surface area contributed by atoms with Gasteiger partial charge in [0.1, 0.15) is 13.2 Å². The van der Waals surface area contributed by atoms with E-state index in [1.165, 1.54) is 51.4 Å². The highest BCUT2D eigenvalue weighted by Crippen LogP contribution is 2.12. The van der Waals surface area contributed by atoms with Crippen LogP contribution in [0.1, 0.15) is 162 Å². The number of carboxylic acid groups (broad SMARTS) is 1. The van der Waals surface area contributed by atoms with E-state index in [2.05, 4.69) is 74.6 Å². The smallest absolute Gasteiger partial charge is 0.306 e. The maximum Gasteiger partial charge on any atom is 0.306 e. The van der Waals surface area contributed by atoms with Crippen molar-refractivity contribution in [2.45, 2.75) is 174 Å². The van der Waals surface area contributed by atoms with Gasteiger partial charge < -0.3 is 33.3 Å². The van der Waals surface area contributed by atoms with E-state index in [1.807, 2.05) is 21.1 Å². The molecule has 0 heterocycles. The molecule has 0 aromatic heterocycles. The zero-order valence-corrected chi connectivity index (χ0v) is 36.2. The second kappa shape index (κ2) is 38.8. The maximum absolute atomic E-state index is 12.7. The molecule has 0 aromatic carbocycles. The molecule has 0 amide bonds. The number of unbranched alkanes of at least 4 members (excludes halogenated alkanes) is 14. The molecule has 0 aromatic rings. The summed E-state index contributed by atoms with van der Waals surface area (Å²) in [5.41, 5.74) is 0. The van der Waals surface area contributed by atoms with Crippen molar-refractivity contribution in [3.63, 3.8) is 0 Å². The Bertz CT molecular complexity index is 1100. The normalized spacial score (nSPS) is 13.5. The Kier molecular flexibility index (Phi) is 36.8. The molecule has 0 N–H and O–H groups in total. The topological polar surface area (TPSA) is 111 Å². The third-order valence-corrected chi connectivity index (χ3v) is 9.00. The molecule has 0 bridgehead atoms. The van der Waals surface area contributed by atoms with E-state index in [0.717, 1.165) is 77.0 Å². The number of carboxylic acids is 1. The van der Waals surface area contributed by atoms with Crippen molar-refractivity contribution in [2.24, 2.45) is 0 Å². The molecule has 2 atom stereocenters. The lowest BCUT2D eigenvalue weighted by Gasteiger charge is -2.26. The van der Waals surface area contributed by atoms with E-state index < -0.39 is 24.3 Å². The summed E-state index contributed by atoms with van der Waals surface area (Å²) in [4.78, 5) is 36.9. The molecule has 0 aliphatic carbocycles. The number of ether oxygens (including phenoxy) is 4. The average molecular weight is 788 g/mol. The number of carbonyl (C=O) groups excluding carboxylic acids is 3. The summed E-state index contributed by atoms with van der Waals surface area (Å²) in [5, 5.41) is 11.7. The van der Waals surface area contributed by atoms with Crippen molar-refractivity contribution in [3.8, 4) is 0 Å². The molecular weight excluding hydrogens is 707 g/mol. The van der Waals surface area contributed by atoms with Gasteiger partial charge in [0.25, 0.3) is 0 Å². The van der Waals surface area contributed by atoms with E-state index in [4.69, 9.17) is 18.9 Å². The third kappa shape index (κ3) is 39.2. The Morgan fingerprint density at radius 2 is 1.02 bits per heavy atom. The van der Waals surface area contributed by atoms with Crippen LogP contribution in [0.15, 0.2) is 60.8 Å². The zero-order valence-electron chi connectivity index (χ0n) is 36.2. The van der Waals surface area contributed by atoms with E-state index in [0.29, 0.717) is 17.4 Å². The van der Waals surface area contributed by atoms with Crippen LogP contribution in [-0.4, -0.2) is 82.3 Å². The summed E-state index contributed by atoms with van der Waals surface area (Å²) in [7, 11) is 5.88. The molecule has 56 heavy (non-hydrogen) atoms. The Morgan fingerprint density at radius 1 is 0.554 bits per heavy atom. The molecule has 9 heteroatoms. The van der Waals surface area contributed by atoms with Gasteiger partial charge in [-0.1, -0.05) is 132 Å². The van der Waals surface area contributed by atoms with Gasteiger partial charge >= 0.3 is 11.9 Å². The fraction of sp³-hybridized carbons (Fsp3) is 0.723. The van der Waals surface area contributed by atoms with Gasteiger partial charge in [-0.05, 0) is 77.0 Å². The average Bonchev–Trinajstić information content (AvgIpc) is 3.15. The summed E-state index contributed by atoms with van der Waals surface area (Å²) >= 11 is 0. The van der Waals surface area contributed by atoms with Crippen LogP contribution in [-0.2, 0) is 33.3 Å². The first-order chi connectivity index (χ1) is 27.1. The first-order valence-electron chi connectivity index (χ1n) is 21.9. The van der Waals surface area contributed by atoms with Crippen LogP contribution < -0.4 is 5.11 Å². The van der Waals surface area contributed by atoms with Crippen LogP contribution in [0.4, 0.5) is 0 Å². The molecule has 322 valence electrons. The monoisotopic (exact) mass is 788 g/mol.